The monoisotopic (exact) mass is 158 g/mol. The molecule has 0 aliphatic carbocycles. The highest BCUT2D eigenvalue weighted by Crippen LogP contribution is 2.09. The fourth-order valence-electron chi connectivity index (χ4n) is 1.11. The van der Waals surface area contributed by atoms with E-state index in [2.05, 4.69) is 13.8 Å². The van der Waals surface area contributed by atoms with Crippen molar-refractivity contribution in [3.63, 3.8) is 0 Å². The molecule has 0 aromatic carbocycles. The van der Waals surface area contributed by atoms with Crippen molar-refractivity contribution in [2.75, 3.05) is 19.8 Å². The molecule has 0 amide bonds. The summed E-state index contributed by atoms with van der Waals surface area (Å²) < 4.78 is 10.8. The van der Waals surface area contributed by atoms with Gasteiger partial charge in [0.1, 0.15) is 0 Å². The molecular weight excluding hydrogens is 140 g/mol. The van der Waals surface area contributed by atoms with Gasteiger partial charge in [0.2, 0.25) is 0 Å². The van der Waals surface area contributed by atoms with E-state index in [-0.39, 0.29) is 0 Å². The third-order valence-electron chi connectivity index (χ3n) is 1.94. The second-order valence-electron chi connectivity index (χ2n) is 3.54. The van der Waals surface area contributed by atoms with Crippen LogP contribution in [0.25, 0.3) is 0 Å². The Morgan fingerprint density at radius 2 is 2.36 bits per heavy atom. The Kier molecular flexibility index (Phi) is 3.87. The highest BCUT2D eigenvalue weighted by Gasteiger charge is 2.15. The quantitative estimate of drug-likeness (QED) is 0.621. The summed E-state index contributed by atoms with van der Waals surface area (Å²) in [5.41, 5.74) is 0. The maximum absolute atomic E-state index is 5.59. The molecule has 0 aromatic heterocycles. The second kappa shape index (κ2) is 4.73. The first-order valence-electron chi connectivity index (χ1n) is 4.48. The first kappa shape index (κ1) is 9.01. The van der Waals surface area contributed by atoms with E-state index in [1.807, 2.05) is 0 Å². The molecule has 1 atom stereocenters. The van der Waals surface area contributed by atoms with E-state index in [0.29, 0.717) is 6.10 Å². The number of hydrogen-bond donors (Lipinski definition) is 0. The van der Waals surface area contributed by atoms with Crippen molar-refractivity contribution >= 4 is 0 Å². The molecule has 2 heteroatoms. The normalized spacial score (nSPS) is 24.8. The van der Waals surface area contributed by atoms with Gasteiger partial charge in [0, 0.05) is 13.2 Å². The summed E-state index contributed by atoms with van der Waals surface area (Å²) in [7, 11) is 0. The second-order valence-corrected chi connectivity index (χ2v) is 3.54. The SMILES string of the molecule is CC(C)CCOC1CCOC1. The van der Waals surface area contributed by atoms with Gasteiger partial charge in [-0.05, 0) is 18.8 Å². The summed E-state index contributed by atoms with van der Waals surface area (Å²) in [6.45, 7) is 7.01. The first-order chi connectivity index (χ1) is 5.29. The lowest BCUT2D eigenvalue weighted by Gasteiger charge is -2.10. The first-order valence-corrected chi connectivity index (χ1v) is 4.48. The third-order valence-corrected chi connectivity index (χ3v) is 1.94. The summed E-state index contributed by atoms with van der Waals surface area (Å²) in [5, 5.41) is 0. The summed E-state index contributed by atoms with van der Waals surface area (Å²) in [6.07, 6.45) is 2.63. The Labute approximate surface area is 68.9 Å². The van der Waals surface area contributed by atoms with Gasteiger partial charge in [0.05, 0.1) is 12.7 Å². The zero-order chi connectivity index (χ0) is 8.10. The molecule has 1 rings (SSSR count). The summed E-state index contributed by atoms with van der Waals surface area (Å²) in [5.74, 6) is 0.748. The van der Waals surface area contributed by atoms with Crippen LogP contribution in [0.15, 0.2) is 0 Å². The van der Waals surface area contributed by atoms with Crippen molar-refractivity contribution in [1.82, 2.24) is 0 Å². The van der Waals surface area contributed by atoms with E-state index >= 15 is 0 Å². The molecule has 2 nitrogen and oxygen atoms in total. The Balaban J connectivity index is 1.94. The van der Waals surface area contributed by atoms with Crippen molar-refractivity contribution in [3.8, 4) is 0 Å². The van der Waals surface area contributed by atoms with Crippen molar-refractivity contribution in [3.05, 3.63) is 0 Å². The molecule has 0 N–H and O–H groups in total. The van der Waals surface area contributed by atoms with Gasteiger partial charge in [0.15, 0.2) is 0 Å². The minimum Gasteiger partial charge on any atom is -0.379 e. The minimum absolute atomic E-state index is 0.383. The van der Waals surface area contributed by atoms with Crippen LogP contribution in [0.4, 0.5) is 0 Å². The van der Waals surface area contributed by atoms with Crippen molar-refractivity contribution in [1.29, 1.82) is 0 Å². The highest BCUT2D eigenvalue weighted by atomic mass is 16.5. The average Bonchev–Trinajstić information content (AvgIpc) is 2.39. The number of rotatable bonds is 4. The lowest BCUT2D eigenvalue weighted by molar-refractivity contribution is 0.0372. The number of ether oxygens (including phenoxy) is 2. The van der Waals surface area contributed by atoms with E-state index in [4.69, 9.17) is 9.47 Å². The molecule has 0 bridgehead atoms. The van der Waals surface area contributed by atoms with Gasteiger partial charge in [-0.2, -0.15) is 0 Å². The van der Waals surface area contributed by atoms with Crippen LogP contribution in [0, 0.1) is 5.92 Å². The molecule has 1 aliphatic heterocycles. The summed E-state index contributed by atoms with van der Waals surface area (Å²) in [6, 6.07) is 0. The van der Waals surface area contributed by atoms with Crippen LogP contribution < -0.4 is 0 Å². The van der Waals surface area contributed by atoms with Gasteiger partial charge >= 0.3 is 0 Å². The summed E-state index contributed by atoms with van der Waals surface area (Å²) in [4.78, 5) is 0. The van der Waals surface area contributed by atoms with Crippen LogP contribution in [0.3, 0.4) is 0 Å². The van der Waals surface area contributed by atoms with Crippen LogP contribution in [-0.2, 0) is 9.47 Å². The maximum Gasteiger partial charge on any atom is 0.0830 e. The lowest BCUT2D eigenvalue weighted by Crippen LogP contribution is -2.13. The average molecular weight is 158 g/mol. The fourth-order valence-corrected chi connectivity index (χ4v) is 1.11. The molecular formula is C9H18O2. The zero-order valence-corrected chi connectivity index (χ0v) is 7.51. The minimum atomic E-state index is 0.383. The maximum atomic E-state index is 5.59. The highest BCUT2D eigenvalue weighted by molar-refractivity contribution is 4.62. The summed E-state index contributed by atoms with van der Waals surface area (Å²) >= 11 is 0. The van der Waals surface area contributed by atoms with E-state index in [1.165, 1.54) is 0 Å². The van der Waals surface area contributed by atoms with Crippen LogP contribution in [0.1, 0.15) is 26.7 Å². The molecule has 1 unspecified atom stereocenters. The molecule has 0 saturated carbocycles. The predicted molar refractivity (Wildman–Crippen MR) is 44.6 cm³/mol. The molecule has 1 fully saturated rings. The third kappa shape index (κ3) is 3.73. The molecule has 1 aliphatic rings. The van der Waals surface area contributed by atoms with Crippen LogP contribution in [0.2, 0.25) is 0 Å². The fraction of sp³-hybridized carbons (Fsp3) is 1.00. The van der Waals surface area contributed by atoms with Gasteiger partial charge in [-0.1, -0.05) is 13.8 Å². The van der Waals surface area contributed by atoms with Gasteiger partial charge < -0.3 is 9.47 Å². The van der Waals surface area contributed by atoms with Gasteiger partial charge in [-0.25, -0.2) is 0 Å². The largest absolute Gasteiger partial charge is 0.379 e. The molecule has 0 spiro atoms. The van der Waals surface area contributed by atoms with Crippen LogP contribution in [-0.4, -0.2) is 25.9 Å². The Morgan fingerprint density at radius 3 is 2.91 bits per heavy atom. The Hall–Kier alpha value is -0.0800. The van der Waals surface area contributed by atoms with Gasteiger partial charge in [-0.15, -0.1) is 0 Å². The molecule has 11 heavy (non-hydrogen) atoms. The lowest BCUT2D eigenvalue weighted by atomic mass is 10.1. The molecule has 0 aromatic rings. The zero-order valence-electron chi connectivity index (χ0n) is 7.51. The van der Waals surface area contributed by atoms with Gasteiger partial charge in [-0.3, -0.25) is 0 Å². The number of hydrogen-bond acceptors (Lipinski definition) is 2. The predicted octanol–water partition coefficient (Wildman–Crippen LogP) is 1.84. The van der Waals surface area contributed by atoms with E-state index < -0.39 is 0 Å². The van der Waals surface area contributed by atoms with Gasteiger partial charge in [0.25, 0.3) is 0 Å². The van der Waals surface area contributed by atoms with E-state index in [9.17, 15) is 0 Å². The molecule has 1 heterocycles. The standard InChI is InChI=1S/C9H18O2/c1-8(2)3-6-11-9-4-5-10-7-9/h8-9H,3-7H2,1-2H3. The van der Waals surface area contributed by atoms with Crippen LogP contribution in [0.5, 0.6) is 0 Å². The Bertz CT molecular complexity index is 95.7. The molecule has 0 radical (unpaired) electrons. The van der Waals surface area contributed by atoms with Crippen molar-refractivity contribution in [2.45, 2.75) is 32.8 Å². The van der Waals surface area contributed by atoms with E-state index in [1.54, 1.807) is 0 Å². The Morgan fingerprint density at radius 1 is 1.55 bits per heavy atom. The van der Waals surface area contributed by atoms with Crippen molar-refractivity contribution < 1.29 is 9.47 Å². The molecule has 66 valence electrons. The van der Waals surface area contributed by atoms with Crippen molar-refractivity contribution in [2.24, 2.45) is 5.92 Å². The molecule has 1 saturated heterocycles. The topological polar surface area (TPSA) is 18.5 Å². The van der Waals surface area contributed by atoms with E-state index in [0.717, 1.165) is 38.6 Å². The van der Waals surface area contributed by atoms with Crippen LogP contribution >= 0.6 is 0 Å². The smallest absolute Gasteiger partial charge is 0.0830 e.